The first-order chi connectivity index (χ1) is 7.22. The van der Waals surface area contributed by atoms with Crippen LogP contribution in [0.25, 0.3) is 11.0 Å². The van der Waals surface area contributed by atoms with Crippen LogP contribution in [0.1, 0.15) is 5.56 Å². The van der Waals surface area contributed by atoms with E-state index in [0.29, 0.717) is 24.1 Å². The number of nitrogen functional groups attached to an aromatic ring is 1. The van der Waals surface area contributed by atoms with Gasteiger partial charge in [0, 0.05) is 13.3 Å². The zero-order valence-corrected chi connectivity index (χ0v) is 8.33. The Kier molecular flexibility index (Phi) is 2.42. The van der Waals surface area contributed by atoms with Gasteiger partial charge in [0.2, 0.25) is 5.95 Å². The lowest BCUT2D eigenvalue weighted by molar-refractivity contribution is 0.202. The van der Waals surface area contributed by atoms with Crippen molar-refractivity contribution in [1.82, 2.24) is 15.0 Å². The molecule has 0 saturated heterocycles. The number of hydrogen-bond acceptors (Lipinski definition) is 4. The maximum atomic E-state index is 11.4. The van der Waals surface area contributed by atoms with E-state index in [0.717, 1.165) is 5.56 Å². The largest absolute Gasteiger partial charge is 0.384 e. The lowest BCUT2D eigenvalue weighted by Crippen LogP contribution is -2.11. The summed E-state index contributed by atoms with van der Waals surface area (Å²) in [6.07, 6.45) is 2.46. The number of ether oxygens (including phenoxy) is 1. The van der Waals surface area contributed by atoms with Crippen LogP contribution in [0.3, 0.4) is 0 Å². The molecule has 6 nitrogen and oxygen atoms in total. The van der Waals surface area contributed by atoms with E-state index in [9.17, 15) is 4.79 Å². The van der Waals surface area contributed by atoms with Gasteiger partial charge in [0.1, 0.15) is 11.0 Å². The molecular formula is C9H12N4O2. The minimum absolute atomic E-state index is 0.130. The Morgan fingerprint density at radius 1 is 1.60 bits per heavy atom. The predicted molar refractivity (Wildman–Crippen MR) is 56.7 cm³/mol. The lowest BCUT2D eigenvalue weighted by atomic mass is 10.2. The normalized spacial score (nSPS) is 11.0. The van der Waals surface area contributed by atoms with Gasteiger partial charge < -0.3 is 15.5 Å². The number of nitrogens with zero attached hydrogens (tertiary/aromatic N) is 1. The van der Waals surface area contributed by atoms with Crippen molar-refractivity contribution < 1.29 is 4.74 Å². The zero-order chi connectivity index (χ0) is 10.8. The third-order valence-corrected chi connectivity index (χ3v) is 2.21. The number of nitrogens with one attached hydrogen (secondary N) is 2. The molecule has 0 aliphatic heterocycles. The Balaban J connectivity index is 2.53. The molecule has 0 atom stereocenters. The van der Waals surface area contributed by atoms with Crippen LogP contribution in [0, 0.1) is 0 Å². The number of H-pyrrole nitrogens is 2. The highest BCUT2D eigenvalue weighted by Gasteiger charge is 2.08. The van der Waals surface area contributed by atoms with E-state index < -0.39 is 0 Å². The average molecular weight is 208 g/mol. The van der Waals surface area contributed by atoms with Gasteiger partial charge in [-0.15, -0.1) is 0 Å². The predicted octanol–water partition coefficient (Wildman–Crippen LogP) is 0.0223. The van der Waals surface area contributed by atoms with E-state index in [1.165, 1.54) is 0 Å². The van der Waals surface area contributed by atoms with Crippen molar-refractivity contribution in [3.05, 3.63) is 22.1 Å². The van der Waals surface area contributed by atoms with Gasteiger partial charge in [-0.25, -0.2) is 4.98 Å². The molecular weight excluding hydrogens is 196 g/mol. The Hall–Kier alpha value is -1.82. The van der Waals surface area contributed by atoms with Crippen LogP contribution in [0.5, 0.6) is 0 Å². The topological polar surface area (TPSA) is 96.8 Å². The molecule has 0 aliphatic rings. The highest BCUT2D eigenvalue weighted by atomic mass is 16.5. The minimum Gasteiger partial charge on any atom is -0.384 e. The molecule has 0 saturated carbocycles. The number of rotatable bonds is 3. The van der Waals surface area contributed by atoms with Crippen LogP contribution >= 0.6 is 0 Å². The van der Waals surface area contributed by atoms with Crippen molar-refractivity contribution in [1.29, 1.82) is 0 Å². The molecule has 4 N–H and O–H groups in total. The van der Waals surface area contributed by atoms with Crippen molar-refractivity contribution in [2.75, 3.05) is 19.5 Å². The van der Waals surface area contributed by atoms with Crippen LogP contribution < -0.4 is 11.3 Å². The first-order valence-electron chi connectivity index (χ1n) is 4.57. The van der Waals surface area contributed by atoms with E-state index in [4.69, 9.17) is 10.5 Å². The van der Waals surface area contributed by atoms with Gasteiger partial charge in [0.25, 0.3) is 5.56 Å². The van der Waals surface area contributed by atoms with Gasteiger partial charge in [-0.1, -0.05) is 0 Å². The molecule has 2 heterocycles. The van der Waals surface area contributed by atoms with Gasteiger partial charge in [0.15, 0.2) is 0 Å². The average Bonchev–Trinajstić information content (AvgIpc) is 2.58. The second-order valence-corrected chi connectivity index (χ2v) is 3.23. The van der Waals surface area contributed by atoms with E-state index in [-0.39, 0.29) is 11.5 Å². The molecule has 0 amide bonds. The number of aromatic nitrogens is 3. The van der Waals surface area contributed by atoms with Crippen LogP contribution in [0.2, 0.25) is 0 Å². The first-order valence-corrected chi connectivity index (χ1v) is 4.57. The summed E-state index contributed by atoms with van der Waals surface area (Å²) in [4.78, 5) is 20.8. The highest BCUT2D eigenvalue weighted by molar-refractivity contribution is 5.78. The molecule has 0 unspecified atom stereocenters. The van der Waals surface area contributed by atoms with Gasteiger partial charge in [0.05, 0.1) is 6.61 Å². The van der Waals surface area contributed by atoms with Gasteiger partial charge >= 0.3 is 0 Å². The third kappa shape index (κ3) is 1.71. The summed E-state index contributed by atoms with van der Waals surface area (Å²) in [5, 5.41) is 0. The molecule has 2 aromatic rings. The van der Waals surface area contributed by atoms with Crippen molar-refractivity contribution in [2.45, 2.75) is 6.42 Å². The van der Waals surface area contributed by atoms with Crippen LogP contribution in [-0.4, -0.2) is 28.7 Å². The monoisotopic (exact) mass is 208 g/mol. The second-order valence-electron chi connectivity index (χ2n) is 3.23. The Morgan fingerprint density at radius 2 is 2.40 bits per heavy atom. The van der Waals surface area contributed by atoms with Gasteiger partial charge in [-0.05, 0) is 12.0 Å². The molecule has 0 aromatic carbocycles. The fraction of sp³-hybridized carbons (Fsp3) is 0.333. The van der Waals surface area contributed by atoms with E-state index in [1.807, 2.05) is 0 Å². The molecule has 0 radical (unpaired) electrons. The zero-order valence-electron chi connectivity index (χ0n) is 8.33. The summed E-state index contributed by atoms with van der Waals surface area (Å²) in [6.45, 7) is 0.585. The molecule has 0 spiro atoms. The van der Waals surface area contributed by atoms with E-state index >= 15 is 0 Å². The molecule has 80 valence electrons. The van der Waals surface area contributed by atoms with Crippen molar-refractivity contribution >= 4 is 17.0 Å². The quantitative estimate of drug-likeness (QED) is 0.662. The number of anilines is 1. The van der Waals surface area contributed by atoms with Crippen LogP contribution in [-0.2, 0) is 11.2 Å². The number of methoxy groups -OCH3 is 1. The van der Waals surface area contributed by atoms with Crippen molar-refractivity contribution in [2.24, 2.45) is 0 Å². The Labute approximate surface area is 85.5 Å². The maximum Gasteiger partial charge on any atom is 0.276 e. The smallest absolute Gasteiger partial charge is 0.276 e. The fourth-order valence-corrected chi connectivity index (χ4v) is 1.49. The Bertz CT molecular complexity index is 528. The van der Waals surface area contributed by atoms with E-state index in [2.05, 4.69) is 15.0 Å². The fourth-order valence-electron chi connectivity index (χ4n) is 1.49. The molecule has 0 aliphatic carbocycles. The van der Waals surface area contributed by atoms with Crippen LogP contribution in [0.15, 0.2) is 11.0 Å². The SMILES string of the molecule is COCCc1c[nH]c2c(=O)[nH]c(N)nc12. The first kappa shape index (κ1) is 9.72. The molecule has 0 bridgehead atoms. The minimum atomic E-state index is -0.249. The highest BCUT2D eigenvalue weighted by Crippen LogP contribution is 2.13. The molecule has 15 heavy (non-hydrogen) atoms. The summed E-state index contributed by atoms with van der Waals surface area (Å²) < 4.78 is 4.97. The molecule has 2 aromatic heterocycles. The number of aromatic amines is 2. The number of hydrogen-bond donors (Lipinski definition) is 3. The Morgan fingerprint density at radius 3 is 3.13 bits per heavy atom. The summed E-state index contributed by atoms with van der Waals surface area (Å²) in [7, 11) is 1.63. The number of fused-ring (bicyclic) bond motifs is 1. The summed E-state index contributed by atoms with van der Waals surface area (Å²) >= 11 is 0. The molecule has 0 fully saturated rings. The third-order valence-electron chi connectivity index (χ3n) is 2.21. The summed E-state index contributed by atoms with van der Waals surface area (Å²) in [5.41, 5.74) is 7.23. The maximum absolute atomic E-state index is 11.4. The van der Waals surface area contributed by atoms with Crippen LogP contribution in [0.4, 0.5) is 5.95 Å². The second kappa shape index (κ2) is 3.74. The van der Waals surface area contributed by atoms with E-state index in [1.54, 1.807) is 13.3 Å². The van der Waals surface area contributed by atoms with Gasteiger partial charge in [-0.2, -0.15) is 0 Å². The molecule has 2 rings (SSSR count). The van der Waals surface area contributed by atoms with Gasteiger partial charge in [-0.3, -0.25) is 9.78 Å². The lowest BCUT2D eigenvalue weighted by Gasteiger charge is -1.97. The number of nitrogens with two attached hydrogens (primary N) is 1. The van der Waals surface area contributed by atoms with Crippen molar-refractivity contribution in [3.63, 3.8) is 0 Å². The summed E-state index contributed by atoms with van der Waals surface area (Å²) in [5.74, 6) is 0.130. The molecule has 6 heteroatoms. The van der Waals surface area contributed by atoms with Crippen molar-refractivity contribution in [3.8, 4) is 0 Å². The standard InChI is InChI=1S/C9H12N4O2/c1-15-3-2-5-4-11-7-6(5)12-9(10)13-8(7)14/h4,11H,2-3H2,1H3,(H3,10,12,13,14). The summed E-state index contributed by atoms with van der Waals surface area (Å²) in [6, 6.07) is 0.